The van der Waals surface area contributed by atoms with Crippen molar-refractivity contribution in [3.8, 4) is 0 Å². The Balaban J connectivity index is 3.15. The zero-order valence-corrected chi connectivity index (χ0v) is 13.0. The Morgan fingerprint density at radius 3 is 2.29 bits per heavy atom. The minimum absolute atomic E-state index is 0.326. The van der Waals surface area contributed by atoms with Gasteiger partial charge in [-0.25, -0.2) is 4.58 Å². The molecule has 0 radical (unpaired) electrons. The van der Waals surface area contributed by atoms with E-state index in [9.17, 15) is 0 Å². The van der Waals surface area contributed by atoms with Crippen LogP contribution in [0.5, 0.6) is 0 Å². The highest BCUT2D eigenvalue weighted by Crippen LogP contribution is 2.40. The monoisotopic (exact) mass is 238 g/mol. The molecule has 0 aliphatic carbocycles. The van der Waals surface area contributed by atoms with Gasteiger partial charge in [0.2, 0.25) is 0 Å². The molecule has 0 fully saturated rings. The van der Waals surface area contributed by atoms with Crippen LogP contribution in [0.3, 0.4) is 0 Å². The van der Waals surface area contributed by atoms with Crippen molar-refractivity contribution in [2.45, 2.75) is 66.3 Å². The summed E-state index contributed by atoms with van der Waals surface area (Å²) in [5.74, 6) is 3.11. The molecule has 0 spiro atoms. The van der Waals surface area contributed by atoms with Crippen molar-refractivity contribution in [3.05, 3.63) is 0 Å². The average Bonchev–Trinajstić information content (AvgIpc) is 2.37. The second-order valence-corrected chi connectivity index (χ2v) is 6.51. The molecule has 0 N–H and O–H groups in total. The minimum Gasteiger partial charge on any atom is -0.236 e. The van der Waals surface area contributed by atoms with E-state index in [4.69, 9.17) is 0 Å². The van der Waals surface area contributed by atoms with Crippen LogP contribution in [0, 0.1) is 23.7 Å². The summed E-state index contributed by atoms with van der Waals surface area (Å²) >= 11 is 0. The largest absolute Gasteiger partial charge is 0.236 e. The highest BCUT2D eigenvalue weighted by atomic mass is 15.1. The van der Waals surface area contributed by atoms with Crippen LogP contribution < -0.4 is 0 Å². The Labute approximate surface area is 108 Å². The van der Waals surface area contributed by atoms with Gasteiger partial charge in [0.1, 0.15) is 13.3 Å². The molecule has 0 aromatic carbocycles. The van der Waals surface area contributed by atoms with E-state index in [1.165, 1.54) is 19.3 Å². The predicted octanol–water partition coefficient (Wildman–Crippen LogP) is 4.21. The summed E-state index contributed by atoms with van der Waals surface area (Å²) in [5.41, 5.74) is 0.326. The molecule has 1 unspecified atom stereocenters. The lowest BCUT2D eigenvalue weighted by molar-refractivity contribution is -0.596. The van der Waals surface area contributed by atoms with Crippen molar-refractivity contribution in [1.82, 2.24) is 0 Å². The third-order valence-electron chi connectivity index (χ3n) is 5.56. The molecule has 1 aliphatic rings. The van der Waals surface area contributed by atoms with Crippen LogP contribution in [0.15, 0.2) is 0 Å². The topological polar surface area (TPSA) is 3.01 Å². The van der Waals surface area contributed by atoms with Crippen LogP contribution in [0.1, 0.15) is 60.8 Å². The molecule has 17 heavy (non-hydrogen) atoms. The van der Waals surface area contributed by atoms with E-state index in [0.717, 1.165) is 17.8 Å². The van der Waals surface area contributed by atoms with Gasteiger partial charge in [-0.2, -0.15) is 0 Å². The van der Waals surface area contributed by atoms with Crippen LogP contribution >= 0.6 is 0 Å². The molecule has 1 heteroatoms. The Kier molecular flexibility index (Phi) is 4.80. The van der Waals surface area contributed by atoms with E-state index < -0.39 is 0 Å². The molecule has 0 saturated heterocycles. The standard InChI is InChI=1S/C16H32N/c1-8-14-10-15(9-2)16(6,12(3)4)17(7)11-13(14)5/h11-15H,8-10H2,1-7H3/q+1/t13-,14+,15?,16-/m0/s1. The smallest absolute Gasteiger partial charge is 0.164 e. The van der Waals surface area contributed by atoms with Crippen LogP contribution in [0.2, 0.25) is 0 Å². The van der Waals surface area contributed by atoms with Gasteiger partial charge >= 0.3 is 0 Å². The molecule has 0 aromatic rings. The first kappa shape index (κ1) is 14.7. The number of nitrogens with zero attached hydrogens (tertiary/aromatic N) is 1. The van der Waals surface area contributed by atoms with Gasteiger partial charge in [-0.1, -0.05) is 41.0 Å². The van der Waals surface area contributed by atoms with Gasteiger partial charge in [0.25, 0.3) is 0 Å². The normalized spacial score (nSPS) is 39.1. The second-order valence-electron chi connectivity index (χ2n) is 6.51. The third kappa shape index (κ3) is 2.58. The highest BCUT2D eigenvalue weighted by Gasteiger charge is 2.47. The van der Waals surface area contributed by atoms with E-state index >= 15 is 0 Å². The predicted molar refractivity (Wildman–Crippen MR) is 76.8 cm³/mol. The van der Waals surface area contributed by atoms with Crippen molar-refractivity contribution in [2.24, 2.45) is 23.7 Å². The van der Waals surface area contributed by atoms with E-state index in [2.05, 4.69) is 59.4 Å². The van der Waals surface area contributed by atoms with Gasteiger partial charge in [0, 0.05) is 24.7 Å². The average molecular weight is 238 g/mol. The summed E-state index contributed by atoms with van der Waals surface area (Å²) in [6.07, 6.45) is 6.50. The Hall–Kier alpha value is -0.330. The second kappa shape index (κ2) is 5.54. The summed E-state index contributed by atoms with van der Waals surface area (Å²) < 4.78 is 2.53. The maximum atomic E-state index is 2.53. The summed E-state index contributed by atoms with van der Waals surface area (Å²) in [7, 11) is 2.29. The van der Waals surface area contributed by atoms with Crippen molar-refractivity contribution in [2.75, 3.05) is 7.05 Å². The van der Waals surface area contributed by atoms with Crippen LogP contribution in [-0.2, 0) is 0 Å². The third-order valence-corrected chi connectivity index (χ3v) is 5.56. The van der Waals surface area contributed by atoms with Gasteiger partial charge < -0.3 is 0 Å². The quantitative estimate of drug-likeness (QED) is 0.648. The summed E-state index contributed by atoms with van der Waals surface area (Å²) in [6, 6.07) is 0. The van der Waals surface area contributed by atoms with E-state index in [0.29, 0.717) is 11.5 Å². The van der Waals surface area contributed by atoms with Gasteiger partial charge in [0.05, 0.1) is 0 Å². The first-order valence-corrected chi connectivity index (χ1v) is 7.45. The van der Waals surface area contributed by atoms with Crippen molar-refractivity contribution >= 4 is 6.21 Å². The van der Waals surface area contributed by atoms with E-state index in [1.54, 1.807) is 0 Å². The summed E-state index contributed by atoms with van der Waals surface area (Å²) in [4.78, 5) is 0. The Morgan fingerprint density at radius 1 is 1.29 bits per heavy atom. The lowest BCUT2D eigenvalue weighted by Gasteiger charge is -2.36. The first-order chi connectivity index (χ1) is 7.87. The van der Waals surface area contributed by atoms with Gasteiger partial charge in [-0.15, -0.1) is 0 Å². The van der Waals surface area contributed by atoms with Gasteiger partial charge in [-0.05, 0) is 18.8 Å². The molecule has 0 aromatic heterocycles. The molecule has 1 aliphatic heterocycles. The van der Waals surface area contributed by atoms with Gasteiger partial charge in [-0.3, -0.25) is 0 Å². The van der Waals surface area contributed by atoms with E-state index in [1.807, 2.05) is 0 Å². The molecule has 4 atom stereocenters. The van der Waals surface area contributed by atoms with Crippen molar-refractivity contribution in [3.63, 3.8) is 0 Å². The molecule has 1 rings (SSSR count). The molecule has 0 saturated carbocycles. The van der Waals surface area contributed by atoms with Crippen LogP contribution in [0.4, 0.5) is 0 Å². The first-order valence-electron chi connectivity index (χ1n) is 7.45. The molecular weight excluding hydrogens is 206 g/mol. The van der Waals surface area contributed by atoms with Crippen LogP contribution in [0.25, 0.3) is 0 Å². The molecule has 1 heterocycles. The Bertz CT molecular complexity index is 279. The fourth-order valence-electron chi connectivity index (χ4n) is 3.74. The lowest BCUT2D eigenvalue weighted by Crippen LogP contribution is -2.48. The van der Waals surface area contributed by atoms with E-state index in [-0.39, 0.29) is 0 Å². The summed E-state index contributed by atoms with van der Waals surface area (Å²) in [5, 5.41) is 0. The zero-order valence-electron chi connectivity index (χ0n) is 13.0. The number of hydrogen-bond donors (Lipinski definition) is 0. The minimum atomic E-state index is 0.326. The fraction of sp³-hybridized carbons (Fsp3) is 0.938. The summed E-state index contributed by atoms with van der Waals surface area (Å²) in [6.45, 7) is 14.3. The zero-order chi connectivity index (χ0) is 13.2. The highest BCUT2D eigenvalue weighted by molar-refractivity contribution is 5.55. The maximum Gasteiger partial charge on any atom is 0.164 e. The fourth-order valence-corrected chi connectivity index (χ4v) is 3.74. The molecule has 100 valence electrons. The van der Waals surface area contributed by atoms with Crippen molar-refractivity contribution < 1.29 is 4.58 Å². The Morgan fingerprint density at radius 2 is 1.88 bits per heavy atom. The number of hydrogen-bond acceptors (Lipinski definition) is 0. The maximum absolute atomic E-state index is 2.53. The number of rotatable bonds is 3. The molecule has 0 bridgehead atoms. The van der Waals surface area contributed by atoms with Crippen LogP contribution in [-0.4, -0.2) is 23.4 Å². The lowest BCUT2D eigenvalue weighted by atomic mass is 9.71. The molecule has 1 nitrogen and oxygen atoms in total. The van der Waals surface area contributed by atoms with Gasteiger partial charge in [0.15, 0.2) is 5.54 Å². The van der Waals surface area contributed by atoms with Crippen molar-refractivity contribution in [1.29, 1.82) is 0 Å². The SMILES string of the molecule is CCC1C[C@@H](CC)[C@@H](C)C=[N+](C)[C@@]1(C)C(C)C. The molecule has 0 amide bonds. The molecular formula is C16H32N+.